The van der Waals surface area contributed by atoms with E-state index in [1.165, 1.54) is 0 Å². The number of benzene rings is 3. The Hall–Kier alpha value is -3.91. The fourth-order valence-corrected chi connectivity index (χ4v) is 3.11. The molecule has 0 fully saturated rings. The highest BCUT2D eigenvalue weighted by atomic mass is 16.5. The van der Waals surface area contributed by atoms with Crippen LogP contribution in [0.3, 0.4) is 0 Å². The molecule has 0 saturated heterocycles. The second kappa shape index (κ2) is 10.0. The van der Waals surface area contributed by atoms with E-state index in [0.717, 1.165) is 5.56 Å². The number of nitrogens with one attached hydrogen (secondary N) is 1. The van der Waals surface area contributed by atoms with Gasteiger partial charge in [0.25, 0.3) is 5.91 Å². The van der Waals surface area contributed by atoms with E-state index in [1.807, 2.05) is 30.3 Å². The molecule has 3 aromatic rings. The number of esters is 1. The van der Waals surface area contributed by atoms with Crippen LogP contribution in [0.25, 0.3) is 11.1 Å². The predicted molar refractivity (Wildman–Crippen MR) is 115 cm³/mol. The molecule has 0 aliphatic carbocycles. The van der Waals surface area contributed by atoms with Gasteiger partial charge in [0.2, 0.25) is 0 Å². The van der Waals surface area contributed by atoms with Gasteiger partial charge in [-0.3, -0.25) is 4.79 Å². The molecule has 3 aromatic carbocycles. The second-order valence-corrected chi connectivity index (χ2v) is 6.78. The minimum absolute atomic E-state index is 0.309. The van der Waals surface area contributed by atoms with Crippen LogP contribution in [0.1, 0.15) is 28.4 Å². The van der Waals surface area contributed by atoms with Gasteiger partial charge in [-0.15, -0.1) is 0 Å². The fraction of sp³-hybridized carbons (Fsp3) is 0.160. The Morgan fingerprint density at radius 2 is 1.57 bits per heavy atom. The number of carbonyl (C=O) groups excluding carboxylic acids is 2. The number of nitriles is 1. The monoisotopic (exact) mass is 398 g/mol. The largest absolute Gasteiger partial charge is 0.449 e. The Bertz CT molecular complexity index is 1070. The van der Waals surface area contributed by atoms with Gasteiger partial charge < -0.3 is 10.1 Å². The molecule has 150 valence electrons. The number of carbonyl (C=O) groups is 2. The van der Waals surface area contributed by atoms with Crippen LogP contribution < -0.4 is 5.32 Å². The van der Waals surface area contributed by atoms with Crippen LogP contribution >= 0.6 is 0 Å². The van der Waals surface area contributed by atoms with Crippen LogP contribution in [-0.4, -0.2) is 24.5 Å². The van der Waals surface area contributed by atoms with Crippen molar-refractivity contribution < 1.29 is 14.3 Å². The van der Waals surface area contributed by atoms with E-state index in [2.05, 4.69) is 11.4 Å². The summed E-state index contributed by atoms with van der Waals surface area (Å²) in [6.07, 6.45) is -0.242. The molecule has 1 atom stereocenters. The molecule has 1 amide bonds. The Labute approximate surface area is 175 Å². The van der Waals surface area contributed by atoms with Gasteiger partial charge in [-0.25, -0.2) is 4.79 Å². The van der Waals surface area contributed by atoms with Gasteiger partial charge in [0, 0.05) is 12.1 Å². The van der Waals surface area contributed by atoms with Gasteiger partial charge in [-0.1, -0.05) is 66.7 Å². The van der Waals surface area contributed by atoms with Crippen molar-refractivity contribution in [2.24, 2.45) is 0 Å². The Morgan fingerprint density at radius 1 is 0.933 bits per heavy atom. The number of ether oxygens (including phenoxy) is 1. The highest BCUT2D eigenvalue weighted by Gasteiger charge is 2.21. The van der Waals surface area contributed by atoms with Crippen LogP contribution in [0.4, 0.5) is 0 Å². The smallest absolute Gasteiger partial charge is 0.339 e. The second-order valence-electron chi connectivity index (χ2n) is 6.78. The quantitative estimate of drug-likeness (QED) is 0.607. The third-order valence-electron chi connectivity index (χ3n) is 4.69. The summed E-state index contributed by atoms with van der Waals surface area (Å²) < 4.78 is 5.40. The van der Waals surface area contributed by atoms with Crippen molar-refractivity contribution in [3.8, 4) is 17.2 Å². The summed E-state index contributed by atoms with van der Waals surface area (Å²) in [7, 11) is 0. The molecule has 0 saturated carbocycles. The van der Waals surface area contributed by atoms with Gasteiger partial charge in [0.1, 0.15) is 0 Å². The molecule has 0 heterocycles. The number of hydrogen-bond acceptors (Lipinski definition) is 4. The average Bonchev–Trinajstić information content (AvgIpc) is 2.79. The van der Waals surface area contributed by atoms with E-state index in [1.54, 1.807) is 55.5 Å². The van der Waals surface area contributed by atoms with Crippen LogP contribution in [0, 0.1) is 11.3 Å². The summed E-state index contributed by atoms with van der Waals surface area (Å²) in [5.74, 6) is -0.960. The summed E-state index contributed by atoms with van der Waals surface area (Å²) >= 11 is 0. The topological polar surface area (TPSA) is 79.2 Å². The van der Waals surface area contributed by atoms with Crippen molar-refractivity contribution >= 4 is 11.9 Å². The van der Waals surface area contributed by atoms with Crippen LogP contribution in [0.15, 0.2) is 78.9 Å². The molecular weight excluding hydrogens is 376 g/mol. The van der Waals surface area contributed by atoms with Gasteiger partial charge in [0.15, 0.2) is 6.10 Å². The van der Waals surface area contributed by atoms with Crippen LogP contribution in [0.5, 0.6) is 0 Å². The third kappa shape index (κ3) is 5.12. The van der Waals surface area contributed by atoms with Gasteiger partial charge >= 0.3 is 5.97 Å². The van der Waals surface area contributed by atoms with Crippen molar-refractivity contribution in [1.82, 2.24) is 5.32 Å². The van der Waals surface area contributed by atoms with Gasteiger partial charge in [0.05, 0.1) is 17.2 Å². The fourth-order valence-electron chi connectivity index (χ4n) is 3.11. The lowest BCUT2D eigenvalue weighted by atomic mass is 9.96. The van der Waals surface area contributed by atoms with Crippen LogP contribution in [-0.2, 0) is 16.0 Å². The molecule has 0 spiro atoms. The summed E-state index contributed by atoms with van der Waals surface area (Å²) in [5.41, 5.74) is 3.13. The molecule has 5 heteroatoms. The maximum absolute atomic E-state index is 12.8. The minimum Gasteiger partial charge on any atom is -0.449 e. The summed E-state index contributed by atoms with van der Waals surface area (Å²) in [4.78, 5) is 25.1. The maximum Gasteiger partial charge on any atom is 0.339 e. The SMILES string of the molecule is C[C@@H](OC(=O)c1ccccc1-c1ccccc1C#N)C(=O)NCCc1ccccc1. The number of nitrogens with zero attached hydrogens (tertiary/aromatic N) is 1. The average molecular weight is 398 g/mol. The molecule has 1 N–H and O–H groups in total. The number of amides is 1. The van der Waals surface area contributed by atoms with Crippen molar-refractivity contribution in [3.05, 3.63) is 95.6 Å². The third-order valence-corrected chi connectivity index (χ3v) is 4.69. The van der Waals surface area contributed by atoms with E-state index >= 15 is 0 Å². The lowest BCUT2D eigenvalue weighted by molar-refractivity contribution is -0.129. The van der Waals surface area contributed by atoms with Crippen molar-refractivity contribution in [2.75, 3.05) is 6.54 Å². The first-order valence-corrected chi connectivity index (χ1v) is 9.71. The molecular formula is C25H22N2O3. The molecule has 30 heavy (non-hydrogen) atoms. The van der Waals surface area contributed by atoms with Gasteiger partial charge in [-0.2, -0.15) is 5.26 Å². The van der Waals surface area contributed by atoms with E-state index in [9.17, 15) is 14.9 Å². The predicted octanol–water partition coefficient (Wildman–Crippen LogP) is 4.13. The minimum atomic E-state index is -0.937. The molecule has 0 aliphatic heterocycles. The zero-order valence-electron chi connectivity index (χ0n) is 16.7. The zero-order chi connectivity index (χ0) is 21.3. The first-order chi connectivity index (χ1) is 14.6. The molecule has 0 bridgehead atoms. The highest BCUT2D eigenvalue weighted by Crippen LogP contribution is 2.27. The molecule has 0 aliphatic rings. The van der Waals surface area contributed by atoms with Crippen molar-refractivity contribution in [1.29, 1.82) is 5.26 Å². The molecule has 5 nitrogen and oxygen atoms in total. The highest BCUT2D eigenvalue weighted by molar-refractivity contribution is 5.99. The van der Waals surface area contributed by atoms with Crippen molar-refractivity contribution in [3.63, 3.8) is 0 Å². The first kappa shape index (κ1) is 20.8. The molecule has 0 aromatic heterocycles. The summed E-state index contributed by atoms with van der Waals surface area (Å²) in [6, 6.07) is 25.9. The first-order valence-electron chi connectivity index (χ1n) is 9.71. The summed E-state index contributed by atoms with van der Waals surface area (Å²) in [6.45, 7) is 2.00. The lowest BCUT2D eigenvalue weighted by Crippen LogP contribution is -2.37. The van der Waals surface area contributed by atoms with Gasteiger partial charge in [-0.05, 0) is 36.6 Å². The molecule has 0 unspecified atom stereocenters. The molecule has 0 radical (unpaired) electrons. The maximum atomic E-state index is 12.8. The van der Waals surface area contributed by atoms with Crippen LogP contribution in [0.2, 0.25) is 0 Å². The lowest BCUT2D eigenvalue weighted by Gasteiger charge is -2.15. The number of rotatable bonds is 7. The van der Waals surface area contributed by atoms with E-state index in [-0.39, 0.29) is 5.91 Å². The Morgan fingerprint density at radius 3 is 2.30 bits per heavy atom. The van der Waals surface area contributed by atoms with E-state index in [4.69, 9.17) is 4.74 Å². The van der Waals surface area contributed by atoms with E-state index < -0.39 is 12.1 Å². The Kier molecular flexibility index (Phi) is 6.96. The van der Waals surface area contributed by atoms with E-state index in [0.29, 0.717) is 35.2 Å². The van der Waals surface area contributed by atoms with Crippen molar-refractivity contribution in [2.45, 2.75) is 19.4 Å². The molecule has 3 rings (SSSR count). The standard InChI is InChI=1S/C25H22N2O3/c1-18(24(28)27-16-15-19-9-3-2-4-10-19)30-25(29)23-14-8-7-13-22(23)21-12-6-5-11-20(21)17-26/h2-14,18H,15-16H2,1H3,(H,27,28)/t18-/m1/s1. The normalized spacial score (nSPS) is 11.2. The Balaban J connectivity index is 1.66. The summed E-state index contributed by atoms with van der Waals surface area (Å²) in [5, 5.41) is 12.2. The number of hydrogen-bond donors (Lipinski definition) is 1. The zero-order valence-corrected chi connectivity index (χ0v) is 16.7.